The maximum Gasteiger partial charge on any atom is 0.336 e. The molecule has 1 amide bonds. The molecule has 0 fully saturated rings. The van der Waals surface area contributed by atoms with Crippen LogP contribution >= 0.6 is 11.6 Å². The molecule has 2 N–H and O–H groups in total. The number of hydrogen-bond donors (Lipinski definition) is 2. The molecule has 0 saturated heterocycles. The lowest BCUT2D eigenvalue weighted by molar-refractivity contribution is -0.112. The highest BCUT2D eigenvalue weighted by atomic mass is 35.5. The number of nitrogens with one attached hydrogen (secondary N) is 1. The van der Waals surface area contributed by atoms with Crippen LogP contribution in [-0.2, 0) is 4.79 Å². The number of hydrogen-bond acceptors (Lipinski definition) is 4. The smallest absolute Gasteiger partial charge is 0.336 e. The van der Waals surface area contributed by atoms with Crippen molar-refractivity contribution in [2.45, 2.75) is 0 Å². The van der Waals surface area contributed by atoms with E-state index in [1.807, 2.05) is 6.07 Å². The Bertz CT molecular complexity index is 1130. The minimum absolute atomic E-state index is 0.0874. The summed E-state index contributed by atoms with van der Waals surface area (Å²) in [6.45, 7) is 0. The summed E-state index contributed by atoms with van der Waals surface area (Å²) in [4.78, 5) is 23.7. The molecule has 0 unspecified atom stereocenters. The number of halogens is 1. The van der Waals surface area contributed by atoms with E-state index in [-0.39, 0.29) is 16.9 Å². The summed E-state index contributed by atoms with van der Waals surface area (Å²) >= 11 is 6.00. The van der Waals surface area contributed by atoms with Gasteiger partial charge < -0.3 is 14.8 Å². The van der Waals surface area contributed by atoms with Crippen molar-refractivity contribution in [3.63, 3.8) is 0 Å². The number of aromatic carboxylic acids is 1. The van der Waals surface area contributed by atoms with Gasteiger partial charge in [0.1, 0.15) is 23.2 Å². The first-order valence-corrected chi connectivity index (χ1v) is 8.47. The molecule has 28 heavy (non-hydrogen) atoms. The highest BCUT2D eigenvalue weighted by Crippen LogP contribution is 2.27. The van der Waals surface area contributed by atoms with Crippen molar-refractivity contribution in [3.05, 3.63) is 82.6 Å². The zero-order valence-electron chi connectivity index (χ0n) is 14.3. The molecular formula is C21H13ClN2O4. The Kier molecular flexibility index (Phi) is 5.58. The van der Waals surface area contributed by atoms with Gasteiger partial charge >= 0.3 is 5.97 Å². The van der Waals surface area contributed by atoms with Gasteiger partial charge in [0, 0.05) is 11.6 Å². The highest BCUT2D eigenvalue weighted by Gasteiger charge is 2.15. The van der Waals surface area contributed by atoms with Crippen molar-refractivity contribution in [1.82, 2.24) is 0 Å². The Labute approximate surface area is 165 Å². The lowest BCUT2D eigenvalue weighted by Crippen LogP contribution is -2.13. The quantitative estimate of drug-likeness (QED) is 0.477. The number of anilines is 1. The average molecular weight is 393 g/mol. The van der Waals surface area contributed by atoms with Gasteiger partial charge in [0.15, 0.2) is 0 Å². The molecule has 0 aliphatic carbocycles. The standard InChI is InChI=1S/C21H13ClN2O4/c22-17-7-3-4-8-18(17)24-20(25)13(12-23)11-14-9-10-19(28-14)15-5-1-2-6-16(15)21(26)27/h1-11H,(H,24,25)(H,26,27)/b13-11+. The molecule has 3 aromatic rings. The molecule has 0 aliphatic rings. The van der Waals surface area contributed by atoms with Crippen LogP contribution in [0.5, 0.6) is 0 Å². The van der Waals surface area contributed by atoms with Crippen LogP contribution in [-0.4, -0.2) is 17.0 Å². The van der Waals surface area contributed by atoms with E-state index in [1.54, 1.807) is 54.6 Å². The number of furan rings is 1. The first-order valence-electron chi connectivity index (χ1n) is 8.10. The van der Waals surface area contributed by atoms with Crippen molar-refractivity contribution >= 4 is 35.2 Å². The number of amides is 1. The van der Waals surface area contributed by atoms with Crippen LogP contribution in [0.3, 0.4) is 0 Å². The molecule has 0 saturated carbocycles. The first-order chi connectivity index (χ1) is 13.5. The minimum Gasteiger partial charge on any atom is -0.478 e. The summed E-state index contributed by atoms with van der Waals surface area (Å²) in [5.74, 6) is -1.17. The Morgan fingerprint density at radius 3 is 2.50 bits per heavy atom. The van der Waals surface area contributed by atoms with Gasteiger partial charge in [-0.15, -0.1) is 0 Å². The Balaban J connectivity index is 1.87. The second kappa shape index (κ2) is 8.25. The predicted molar refractivity (Wildman–Crippen MR) is 105 cm³/mol. The molecular weight excluding hydrogens is 380 g/mol. The second-order valence-corrected chi connectivity index (χ2v) is 6.06. The summed E-state index contributed by atoms with van der Waals surface area (Å²) in [6, 6.07) is 18.0. The van der Waals surface area contributed by atoms with Crippen LogP contribution in [0.15, 0.2) is 70.7 Å². The van der Waals surface area contributed by atoms with E-state index >= 15 is 0 Å². The molecule has 0 atom stereocenters. The fourth-order valence-corrected chi connectivity index (χ4v) is 2.69. The zero-order chi connectivity index (χ0) is 20.1. The zero-order valence-corrected chi connectivity index (χ0v) is 15.1. The predicted octanol–water partition coefficient (Wildman–Crippen LogP) is 4.84. The normalized spacial score (nSPS) is 10.9. The molecule has 3 rings (SSSR count). The third-order valence-electron chi connectivity index (χ3n) is 3.82. The minimum atomic E-state index is -1.08. The van der Waals surface area contributed by atoms with Crippen LogP contribution in [0.25, 0.3) is 17.4 Å². The largest absolute Gasteiger partial charge is 0.478 e. The van der Waals surface area contributed by atoms with Crippen molar-refractivity contribution < 1.29 is 19.1 Å². The number of para-hydroxylation sites is 1. The van der Waals surface area contributed by atoms with Crippen LogP contribution in [0, 0.1) is 11.3 Å². The fourth-order valence-electron chi connectivity index (χ4n) is 2.50. The van der Waals surface area contributed by atoms with E-state index in [4.69, 9.17) is 16.0 Å². The van der Waals surface area contributed by atoms with Gasteiger partial charge in [-0.25, -0.2) is 4.79 Å². The Hall–Kier alpha value is -3.82. The van der Waals surface area contributed by atoms with Gasteiger partial charge in [-0.1, -0.05) is 41.9 Å². The number of carboxylic acid groups (broad SMARTS) is 1. The van der Waals surface area contributed by atoms with Crippen LogP contribution in [0.2, 0.25) is 5.02 Å². The van der Waals surface area contributed by atoms with Crippen LogP contribution < -0.4 is 5.32 Å². The van der Waals surface area contributed by atoms with Crippen LogP contribution in [0.1, 0.15) is 16.1 Å². The molecule has 2 aromatic carbocycles. The SMILES string of the molecule is N#C/C(=C\c1ccc(-c2ccccc2C(=O)O)o1)C(=O)Nc1ccccc1Cl. The van der Waals surface area contributed by atoms with E-state index < -0.39 is 11.9 Å². The van der Waals surface area contributed by atoms with E-state index in [9.17, 15) is 20.0 Å². The summed E-state index contributed by atoms with van der Waals surface area (Å²) in [5, 5.41) is 21.5. The number of benzene rings is 2. The van der Waals surface area contributed by atoms with Crippen molar-refractivity contribution in [2.75, 3.05) is 5.32 Å². The number of carbonyl (C=O) groups is 2. The fraction of sp³-hybridized carbons (Fsp3) is 0. The average Bonchev–Trinajstić information content (AvgIpc) is 3.16. The van der Waals surface area contributed by atoms with Gasteiger partial charge in [0.2, 0.25) is 0 Å². The van der Waals surface area contributed by atoms with E-state index in [0.717, 1.165) is 0 Å². The summed E-state index contributed by atoms with van der Waals surface area (Å²) in [7, 11) is 0. The van der Waals surface area contributed by atoms with Crippen molar-refractivity contribution in [1.29, 1.82) is 5.26 Å². The van der Waals surface area contributed by atoms with Crippen LogP contribution in [0.4, 0.5) is 5.69 Å². The van der Waals surface area contributed by atoms with E-state index in [2.05, 4.69) is 5.32 Å². The van der Waals surface area contributed by atoms with Gasteiger partial charge in [-0.2, -0.15) is 5.26 Å². The molecule has 1 heterocycles. The first kappa shape index (κ1) is 19.0. The molecule has 0 bridgehead atoms. The topological polar surface area (TPSA) is 103 Å². The van der Waals surface area contributed by atoms with Gasteiger partial charge in [0.05, 0.1) is 16.3 Å². The second-order valence-electron chi connectivity index (χ2n) is 5.66. The monoisotopic (exact) mass is 392 g/mol. The summed E-state index contributed by atoms with van der Waals surface area (Å²) < 4.78 is 5.62. The molecule has 1 aromatic heterocycles. The number of carboxylic acids is 1. The third kappa shape index (κ3) is 4.11. The molecule has 0 radical (unpaired) electrons. The molecule has 0 spiro atoms. The maximum absolute atomic E-state index is 12.3. The lowest BCUT2D eigenvalue weighted by Gasteiger charge is -2.05. The number of rotatable bonds is 5. The number of carbonyl (C=O) groups excluding carboxylic acids is 1. The Morgan fingerprint density at radius 1 is 1.07 bits per heavy atom. The van der Waals surface area contributed by atoms with Gasteiger partial charge in [-0.05, 0) is 30.3 Å². The third-order valence-corrected chi connectivity index (χ3v) is 4.15. The molecule has 138 valence electrons. The molecule has 7 heteroatoms. The summed E-state index contributed by atoms with van der Waals surface area (Å²) in [6.07, 6.45) is 1.28. The maximum atomic E-state index is 12.3. The molecule has 6 nitrogen and oxygen atoms in total. The number of nitrogens with zero attached hydrogens (tertiary/aromatic N) is 1. The van der Waals surface area contributed by atoms with Gasteiger partial charge in [0.25, 0.3) is 5.91 Å². The van der Waals surface area contributed by atoms with E-state index in [0.29, 0.717) is 22.0 Å². The molecule has 0 aliphatic heterocycles. The van der Waals surface area contributed by atoms with E-state index in [1.165, 1.54) is 12.1 Å². The number of nitriles is 1. The van der Waals surface area contributed by atoms with Crippen molar-refractivity contribution in [2.24, 2.45) is 0 Å². The highest BCUT2D eigenvalue weighted by molar-refractivity contribution is 6.34. The lowest BCUT2D eigenvalue weighted by atomic mass is 10.1. The van der Waals surface area contributed by atoms with Gasteiger partial charge in [-0.3, -0.25) is 4.79 Å². The van der Waals surface area contributed by atoms with Crippen molar-refractivity contribution in [3.8, 4) is 17.4 Å². The summed E-state index contributed by atoms with van der Waals surface area (Å²) in [5.41, 5.74) is 0.677. The Morgan fingerprint density at radius 2 is 1.79 bits per heavy atom.